The lowest BCUT2D eigenvalue weighted by molar-refractivity contribution is 0.374. The van der Waals surface area contributed by atoms with E-state index in [0.717, 1.165) is 23.0 Å². The van der Waals surface area contributed by atoms with Gasteiger partial charge in [-0.3, -0.25) is 0 Å². The van der Waals surface area contributed by atoms with Crippen molar-refractivity contribution in [1.82, 2.24) is 4.98 Å². The van der Waals surface area contributed by atoms with E-state index in [4.69, 9.17) is 11.6 Å². The molecule has 0 amide bonds. The second kappa shape index (κ2) is 5.51. The van der Waals surface area contributed by atoms with E-state index in [-0.39, 0.29) is 0 Å². The third-order valence-corrected chi connectivity index (χ3v) is 4.26. The molecule has 1 aromatic carbocycles. The molecule has 1 aromatic heterocycles. The largest absolute Gasteiger partial charge is 0.382 e. The van der Waals surface area contributed by atoms with E-state index in [1.54, 1.807) is 6.20 Å². The molecule has 1 saturated carbocycles. The minimum atomic E-state index is 0.530. The molecule has 0 unspecified atom stereocenters. The lowest BCUT2D eigenvalue weighted by Crippen LogP contribution is -2.33. The molecule has 0 saturated heterocycles. The maximum Gasteiger partial charge on any atom is 0.131 e. The molecule has 98 valence electrons. The van der Waals surface area contributed by atoms with E-state index in [2.05, 4.69) is 50.5 Å². The van der Waals surface area contributed by atoms with Crippen molar-refractivity contribution in [3.63, 3.8) is 0 Å². The van der Waals surface area contributed by atoms with Crippen LogP contribution >= 0.6 is 27.5 Å². The fourth-order valence-electron chi connectivity index (χ4n) is 2.50. The van der Waals surface area contributed by atoms with Gasteiger partial charge in [0, 0.05) is 22.4 Å². The second-order valence-corrected chi connectivity index (χ2v) is 6.23. The van der Waals surface area contributed by atoms with Gasteiger partial charge < -0.3 is 5.32 Å². The fraction of sp³-hybridized carbons (Fsp3) is 0.267. The van der Waals surface area contributed by atoms with Gasteiger partial charge >= 0.3 is 0 Å². The Bertz CT molecular complexity index is 582. The summed E-state index contributed by atoms with van der Waals surface area (Å²) in [5.41, 5.74) is 2.47. The molecule has 19 heavy (non-hydrogen) atoms. The Kier molecular flexibility index (Phi) is 3.76. The van der Waals surface area contributed by atoms with Crippen LogP contribution in [0.15, 0.2) is 47.1 Å². The number of hydrogen-bond donors (Lipinski definition) is 1. The van der Waals surface area contributed by atoms with Gasteiger partial charge in [-0.15, -0.1) is 0 Å². The SMILES string of the molecule is Clc1cc(NC2CC(c3cccc(Br)c3)C2)ccn1. The van der Waals surface area contributed by atoms with E-state index >= 15 is 0 Å². The molecule has 2 aromatic rings. The number of nitrogens with one attached hydrogen (secondary N) is 1. The van der Waals surface area contributed by atoms with Crippen molar-refractivity contribution in [3.8, 4) is 0 Å². The molecule has 2 nitrogen and oxygen atoms in total. The summed E-state index contributed by atoms with van der Waals surface area (Å²) in [4.78, 5) is 3.98. The molecule has 1 aliphatic rings. The maximum atomic E-state index is 5.88. The van der Waals surface area contributed by atoms with Crippen LogP contribution in [0.5, 0.6) is 0 Å². The zero-order valence-electron chi connectivity index (χ0n) is 10.3. The topological polar surface area (TPSA) is 24.9 Å². The third-order valence-electron chi connectivity index (χ3n) is 3.56. The van der Waals surface area contributed by atoms with Crippen LogP contribution < -0.4 is 5.32 Å². The molecule has 0 spiro atoms. The summed E-state index contributed by atoms with van der Waals surface area (Å²) in [6.07, 6.45) is 4.06. The molecule has 0 bridgehead atoms. The first-order valence-electron chi connectivity index (χ1n) is 6.34. The van der Waals surface area contributed by atoms with Gasteiger partial charge in [-0.25, -0.2) is 4.98 Å². The average Bonchev–Trinajstić information content (AvgIpc) is 2.33. The van der Waals surface area contributed by atoms with Crippen molar-refractivity contribution < 1.29 is 0 Å². The van der Waals surface area contributed by atoms with Crippen molar-refractivity contribution >= 4 is 33.2 Å². The van der Waals surface area contributed by atoms with Crippen molar-refractivity contribution in [2.24, 2.45) is 0 Å². The highest BCUT2D eigenvalue weighted by Gasteiger charge is 2.30. The highest BCUT2D eigenvalue weighted by atomic mass is 79.9. The molecule has 0 radical (unpaired) electrons. The standard InChI is InChI=1S/C15H14BrClN2/c16-12-3-1-2-10(6-12)11-7-14(8-11)19-13-4-5-18-15(17)9-13/h1-6,9,11,14H,7-8H2,(H,18,19). The summed E-state index contributed by atoms with van der Waals surface area (Å²) in [6, 6.07) is 12.9. The van der Waals surface area contributed by atoms with E-state index < -0.39 is 0 Å². The lowest BCUT2D eigenvalue weighted by Gasteiger charge is -2.37. The minimum Gasteiger partial charge on any atom is -0.382 e. The normalized spacial score (nSPS) is 21.8. The van der Waals surface area contributed by atoms with Crippen LogP contribution in [0.3, 0.4) is 0 Å². The molecular formula is C15H14BrClN2. The predicted molar refractivity (Wildman–Crippen MR) is 82.8 cm³/mol. The van der Waals surface area contributed by atoms with Gasteiger partial charge in [0.05, 0.1) is 0 Å². The molecular weight excluding hydrogens is 324 g/mol. The van der Waals surface area contributed by atoms with Crippen LogP contribution in [-0.4, -0.2) is 11.0 Å². The van der Waals surface area contributed by atoms with Gasteiger partial charge in [0.15, 0.2) is 0 Å². The summed E-state index contributed by atoms with van der Waals surface area (Å²) in [5, 5.41) is 4.03. The van der Waals surface area contributed by atoms with E-state index in [1.165, 1.54) is 5.56 Å². The first-order chi connectivity index (χ1) is 9.20. The zero-order chi connectivity index (χ0) is 13.2. The molecule has 1 heterocycles. The molecule has 3 rings (SSSR count). The number of anilines is 1. The van der Waals surface area contributed by atoms with Crippen LogP contribution in [0.4, 0.5) is 5.69 Å². The van der Waals surface area contributed by atoms with Gasteiger partial charge in [-0.2, -0.15) is 0 Å². The minimum absolute atomic E-state index is 0.530. The van der Waals surface area contributed by atoms with Gasteiger partial charge in [0.2, 0.25) is 0 Å². The van der Waals surface area contributed by atoms with Crippen molar-refractivity contribution in [2.75, 3.05) is 5.32 Å². The second-order valence-electron chi connectivity index (χ2n) is 4.93. The van der Waals surface area contributed by atoms with Crippen LogP contribution in [0.25, 0.3) is 0 Å². The number of hydrogen-bond acceptors (Lipinski definition) is 2. The Morgan fingerprint density at radius 3 is 2.79 bits per heavy atom. The van der Waals surface area contributed by atoms with Crippen LogP contribution in [-0.2, 0) is 0 Å². The summed E-state index contributed by atoms with van der Waals surface area (Å²) in [6.45, 7) is 0. The van der Waals surface area contributed by atoms with E-state index in [9.17, 15) is 0 Å². The summed E-state index contributed by atoms with van der Waals surface area (Å²) in [5.74, 6) is 0.660. The summed E-state index contributed by atoms with van der Waals surface area (Å²) < 4.78 is 1.15. The van der Waals surface area contributed by atoms with Gasteiger partial charge in [0.1, 0.15) is 5.15 Å². The average molecular weight is 338 g/mol. The molecule has 1 N–H and O–H groups in total. The third kappa shape index (κ3) is 3.10. The predicted octanol–water partition coefficient (Wildman–Crippen LogP) is 4.86. The first kappa shape index (κ1) is 12.9. The monoisotopic (exact) mass is 336 g/mol. The Morgan fingerprint density at radius 2 is 2.05 bits per heavy atom. The number of halogens is 2. The van der Waals surface area contributed by atoms with Crippen LogP contribution in [0.2, 0.25) is 5.15 Å². The van der Waals surface area contributed by atoms with Gasteiger partial charge in [0.25, 0.3) is 0 Å². The Morgan fingerprint density at radius 1 is 1.21 bits per heavy atom. The highest BCUT2D eigenvalue weighted by Crippen LogP contribution is 2.39. The number of rotatable bonds is 3. The number of benzene rings is 1. The first-order valence-corrected chi connectivity index (χ1v) is 7.51. The molecule has 1 fully saturated rings. The van der Waals surface area contributed by atoms with Crippen molar-refractivity contribution in [3.05, 3.63) is 57.8 Å². The Hall–Kier alpha value is -1.06. The number of nitrogens with zero attached hydrogens (tertiary/aromatic N) is 1. The van der Waals surface area contributed by atoms with E-state index in [0.29, 0.717) is 17.1 Å². The van der Waals surface area contributed by atoms with Gasteiger partial charge in [-0.1, -0.05) is 39.7 Å². The molecule has 0 aliphatic heterocycles. The quantitative estimate of drug-likeness (QED) is 0.809. The fourth-order valence-corrected chi connectivity index (χ4v) is 3.09. The molecule has 1 aliphatic carbocycles. The molecule has 0 atom stereocenters. The zero-order valence-corrected chi connectivity index (χ0v) is 12.7. The van der Waals surface area contributed by atoms with Crippen LogP contribution in [0.1, 0.15) is 24.3 Å². The van der Waals surface area contributed by atoms with Crippen LogP contribution in [0, 0.1) is 0 Å². The number of pyridine rings is 1. The lowest BCUT2D eigenvalue weighted by atomic mass is 9.76. The summed E-state index contributed by atoms with van der Waals surface area (Å²) in [7, 11) is 0. The smallest absolute Gasteiger partial charge is 0.131 e. The highest BCUT2D eigenvalue weighted by molar-refractivity contribution is 9.10. The van der Waals surface area contributed by atoms with Crippen molar-refractivity contribution in [2.45, 2.75) is 24.8 Å². The Balaban J connectivity index is 1.58. The van der Waals surface area contributed by atoms with E-state index in [1.807, 2.05) is 12.1 Å². The maximum absolute atomic E-state index is 5.88. The summed E-state index contributed by atoms with van der Waals surface area (Å²) >= 11 is 9.40. The molecule has 4 heteroatoms. The number of aromatic nitrogens is 1. The van der Waals surface area contributed by atoms with Crippen molar-refractivity contribution in [1.29, 1.82) is 0 Å². The Labute approximate surface area is 126 Å². The van der Waals surface area contributed by atoms with Gasteiger partial charge in [-0.05, 0) is 48.6 Å².